The van der Waals surface area contributed by atoms with Gasteiger partial charge in [0.05, 0.1) is 5.41 Å². The molecule has 0 aliphatic carbocycles. The maximum Gasteiger partial charge on any atom is 0.254 e. The molecule has 2 aliphatic heterocycles. The quantitative estimate of drug-likeness (QED) is 0.857. The van der Waals surface area contributed by atoms with Crippen molar-refractivity contribution in [3.05, 3.63) is 34.9 Å². The van der Waals surface area contributed by atoms with Crippen LogP contribution in [0.4, 0.5) is 0 Å². The molecule has 2 heterocycles. The molecule has 1 atom stereocenters. The molecule has 1 aromatic rings. The van der Waals surface area contributed by atoms with Gasteiger partial charge in [-0.15, -0.1) is 0 Å². The minimum atomic E-state index is -0.717. The second kappa shape index (κ2) is 7.62. The van der Waals surface area contributed by atoms with Crippen LogP contribution in [0.1, 0.15) is 37.7 Å². The second-order valence-corrected chi connectivity index (χ2v) is 6.43. The highest BCUT2D eigenvalue weighted by molar-refractivity contribution is 6.31. The topological polar surface area (TPSA) is 56.8 Å². The van der Waals surface area contributed by atoms with Gasteiger partial charge < -0.3 is 9.47 Å². The number of amides is 1. The summed E-state index contributed by atoms with van der Waals surface area (Å²) < 4.78 is 10.9. The number of benzene rings is 1. The van der Waals surface area contributed by atoms with Crippen molar-refractivity contribution in [2.75, 3.05) is 19.8 Å². The second-order valence-electron chi connectivity index (χ2n) is 6.02. The maximum absolute atomic E-state index is 12.9. The summed E-state index contributed by atoms with van der Waals surface area (Å²) in [5.74, 6) is -0.178. The van der Waals surface area contributed by atoms with Gasteiger partial charge in [0.1, 0.15) is 0 Å². The van der Waals surface area contributed by atoms with Crippen LogP contribution in [0.15, 0.2) is 24.3 Å². The van der Waals surface area contributed by atoms with E-state index in [9.17, 15) is 4.79 Å². The Kier molecular flexibility index (Phi) is 5.54. The van der Waals surface area contributed by atoms with Gasteiger partial charge in [0.25, 0.3) is 5.91 Å². The molecular weight excluding hydrogens is 318 g/mol. The Morgan fingerprint density at radius 1 is 1.22 bits per heavy atom. The fourth-order valence-electron chi connectivity index (χ4n) is 3.21. The molecule has 2 saturated heterocycles. The highest BCUT2D eigenvalue weighted by Gasteiger charge is 2.43. The smallest absolute Gasteiger partial charge is 0.254 e. The molecule has 1 amide bonds. The van der Waals surface area contributed by atoms with E-state index in [4.69, 9.17) is 25.9 Å². The first-order valence-corrected chi connectivity index (χ1v) is 8.51. The van der Waals surface area contributed by atoms with E-state index < -0.39 is 5.41 Å². The van der Waals surface area contributed by atoms with Crippen molar-refractivity contribution in [3.63, 3.8) is 0 Å². The lowest BCUT2D eigenvalue weighted by Crippen LogP contribution is -2.49. The van der Waals surface area contributed by atoms with Crippen molar-refractivity contribution in [1.82, 2.24) is 5.48 Å². The number of hydrogen-bond acceptors (Lipinski definition) is 4. The van der Waals surface area contributed by atoms with Gasteiger partial charge in [-0.1, -0.05) is 29.8 Å². The normalized spacial score (nSPS) is 24.1. The number of halogens is 1. The minimum Gasteiger partial charge on any atom is -0.381 e. The fourth-order valence-corrected chi connectivity index (χ4v) is 3.53. The zero-order valence-corrected chi connectivity index (χ0v) is 13.8. The number of nitrogens with one attached hydrogen (secondary N) is 1. The molecule has 0 radical (unpaired) electrons. The summed E-state index contributed by atoms with van der Waals surface area (Å²) in [4.78, 5) is 18.4. The number of hydroxylamine groups is 1. The third kappa shape index (κ3) is 3.69. The van der Waals surface area contributed by atoms with Crippen molar-refractivity contribution in [1.29, 1.82) is 0 Å². The number of ether oxygens (including phenoxy) is 2. The Labute approximate surface area is 141 Å². The Hall–Kier alpha value is -1.14. The van der Waals surface area contributed by atoms with Crippen LogP contribution in [-0.4, -0.2) is 32.0 Å². The van der Waals surface area contributed by atoms with Crippen molar-refractivity contribution in [3.8, 4) is 0 Å². The molecule has 1 N–H and O–H groups in total. The third-order valence-corrected chi connectivity index (χ3v) is 4.92. The van der Waals surface area contributed by atoms with Gasteiger partial charge in [-0.25, -0.2) is 10.3 Å². The van der Waals surface area contributed by atoms with Crippen LogP contribution in [-0.2, 0) is 24.5 Å². The van der Waals surface area contributed by atoms with Crippen LogP contribution in [0.3, 0.4) is 0 Å². The summed E-state index contributed by atoms with van der Waals surface area (Å²) in [5, 5.41) is 0.596. The van der Waals surface area contributed by atoms with Gasteiger partial charge in [-0.05, 0) is 37.3 Å². The molecule has 1 aromatic carbocycles. The van der Waals surface area contributed by atoms with Gasteiger partial charge in [-0.3, -0.25) is 4.79 Å². The molecule has 0 aromatic heterocycles. The Bertz CT molecular complexity index is 539. The van der Waals surface area contributed by atoms with Crippen LogP contribution < -0.4 is 5.48 Å². The standard InChI is InChI=1S/C17H22ClNO4/c18-14-6-2-1-5-13(14)17(8-11-21-12-9-17)16(20)19-23-15-7-3-4-10-22-15/h1-2,5-6,15H,3-4,7-12H2,(H,19,20)/t15-/m1/s1. The number of hydrogen-bond donors (Lipinski definition) is 1. The molecule has 2 aliphatic rings. The Morgan fingerprint density at radius 3 is 2.70 bits per heavy atom. The van der Waals surface area contributed by atoms with Gasteiger partial charge in [0.2, 0.25) is 0 Å². The monoisotopic (exact) mass is 339 g/mol. The lowest BCUT2D eigenvalue weighted by atomic mass is 9.73. The van der Waals surface area contributed by atoms with E-state index >= 15 is 0 Å². The van der Waals surface area contributed by atoms with Crippen LogP contribution in [0.2, 0.25) is 5.02 Å². The molecule has 0 spiro atoms. The van der Waals surface area contributed by atoms with Gasteiger partial charge >= 0.3 is 0 Å². The van der Waals surface area contributed by atoms with E-state index in [1.54, 1.807) is 0 Å². The molecule has 23 heavy (non-hydrogen) atoms. The third-order valence-electron chi connectivity index (χ3n) is 4.59. The molecule has 0 unspecified atom stereocenters. The summed E-state index contributed by atoms with van der Waals surface area (Å²) in [7, 11) is 0. The summed E-state index contributed by atoms with van der Waals surface area (Å²) in [6, 6.07) is 7.48. The van der Waals surface area contributed by atoms with Crippen molar-refractivity contribution >= 4 is 17.5 Å². The fraction of sp³-hybridized carbons (Fsp3) is 0.588. The summed E-state index contributed by atoms with van der Waals surface area (Å²) in [5.41, 5.74) is 2.72. The Balaban J connectivity index is 1.75. The van der Waals surface area contributed by atoms with E-state index in [1.165, 1.54) is 0 Å². The predicted octanol–water partition coefficient (Wildman–Crippen LogP) is 2.96. The molecular formula is C17H22ClNO4. The summed E-state index contributed by atoms with van der Waals surface area (Å²) in [6.45, 7) is 1.72. The first-order valence-electron chi connectivity index (χ1n) is 8.13. The first kappa shape index (κ1) is 16.7. The lowest BCUT2D eigenvalue weighted by Gasteiger charge is -2.37. The molecule has 2 fully saturated rings. The molecule has 126 valence electrons. The van der Waals surface area contributed by atoms with E-state index in [0.29, 0.717) is 37.7 Å². The van der Waals surface area contributed by atoms with Crippen LogP contribution in [0.25, 0.3) is 0 Å². The van der Waals surface area contributed by atoms with Crippen molar-refractivity contribution < 1.29 is 19.1 Å². The van der Waals surface area contributed by atoms with Crippen LogP contribution >= 0.6 is 11.6 Å². The highest BCUT2D eigenvalue weighted by Crippen LogP contribution is 2.39. The molecule has 5 nitrogen and oxygen atoms in total. The van der Waals surface area contributed by atoms with Gasteiger partial charge in [-0.2, -0.15) is 0 Å². The largest absolute Gasteiger partial charge is 0.381 e. The molecule has 6 heteroatoms. The summed E-state index contributed by atoms with van der Waals surface area (Å²) >= 11 is 6.35. The minimum absolute atomic E-state index is 0.178. The Morgan fingerprint density at radius 2 is 2.00 bits per heavy atom. The average molecular weight is 340 g/mol. The first-order chi connectivity index (χ1) is 11.2. The predicted molar refractivity (Wildman–Crippen MR) is 86.0 cm³/mol. The molecule has 0 saturated carbocycles. The zero-order valence-electron chi connectivity index (χ0n) is 13.1. The SMILES string of the molecule is O=C(NO[C@@H]1CCCCO1)C1(c2ccccc2Cl)CCOCC1. The molecule has 3 rings (SSSR count). The van der Waals surface area contributed by atoms with E-state index in [-0.39, 0.29) is 12.2 Å². The van der Waals surface area contributed by atoms with Crippen molar-refractivity contribution in [2.24, 2.45) is 0 Å². The van der Waals surface area contributed by atoms with Crippen LogP contribution in [0, 0.1) is 0 Å². The van der Waals surface area contributed by atoms with E-state index in [2.05, 4.69) is 5.48 Å². The zero-order chi connectivity index (χ0) is 16.1. The maximum atomic E-state index is 12.9. The number of rotatable bonds is 4. The number of carbonyl (C=O) groups is 1. The summed E-state index contributed by atoms with van der Waals surface area (Å²) in [6.07, 6.45) is 3.67. The number of carbonyl (C=O) groups excluding carboxylic acids is 1. The average Bonchev–Trinajstić information content (AvgIpc) is 2.61. The van der Waals surface area contributed by atoms with E-state index in [1.807, 2.05) is 24.3 Å². The van der Waals surface area contributed by atoms with Gasteiger partial charge in [0.15, 0.2) is 6.29 Å². The lowest BCUT2D eigenvalue weighted by molar-refractivity contribution is -0.204. The van der Waals surface area contributed by atoms with E-state index in [0.717, 1.165) is 24.8 Å². The van der Waals surface area contributed by atoms with Crippen LogP contribution in [0.5, 0.6) is 0 Å². The van der Waals surface area contributed by atoms with Gasteiger partial charge in [0, 0.05) is 31.3 Å². The van der Waals surface area contributed by atoms with Crippen molar-refractivity contribution in [2.45, 2.75) is 43.8 Å². The highest BCUT2D eigenvalue weighted by atomic mass is 35.5. The molecule has 0 bridgehead atoms.